The average Bonchev–Trinajstić information content (AvgIpc) is 2.54. The zero-order valence-electron chi connectivity index (χ0n) is 11.6. The van der Waals surface area contributed by atoms with Crippen molar-refractivity contribution in [1.82, 2.24) is 4.98 Å². The number of pyridine rings is 1. The maximum Gasteiger partial charge on any atom is 0.250 e. The largest absolute Gasteiger partial charge is 0.691 e. The highest BCUT2D eigenvalue weighted by Gasteiger charge is 2.03. The molecule has 1 aromatic carbocycles. The van der Waals surface area contributed by atoms with Crippen molar-refractivity contribution >= 4 is 29.9 Å². The van der Waals surface area contributed by atoms with E-state index in [1.165, 1.54) is 13.1 Å². The fourth-order valence-corrected chi connectivity index (χ4v) is 2.05. The van der Waals surface area contributed by atoms with Crippen LogP contribution in [0.15, 0.2) is 52.6 Å². The molecule has 0 amide bonds. The van der Waals surface area contributed by atoms with E-state index in [1.54, 1.807) is 35.9 Å². The van der Waals surface area contributed by atoms with E-state index in [2.05, 4.69) is 19.5 Å². The third-order valence-corrected chi connectivity index (χ3v) is 3.36. The summed E-state index contributed by atoms with van der Waals surface area (Å²) in [6.07, 6.45) is 3.12. The lowest BCUT2D eigenvalue weighted by atomic mass is 10.2. The zero-order chi connectivity index (χ0) is 15.8. The summed E-state index contributed by atoms with van der Waals surface area (Å²) >= 11 is 0.805. The monoisotopic (exact) mass is 319 g/mol. The topological polar surface area (TPSA) is 100 Å². The summed E-state index contributed by atoms with van der Waals surface area (Å²) in [6, 6.07) is 10.6. The first-order valence-corrected chi connectivity index (χ1v) is 7.00. The maximum atomic E-state index is 11.2. The van der Waals surface area contributed by atoms with Crippen LogP contribution >= 0.6 is 12.0 Å². The van der Waals surface area contributed by atoms with Crippen molar-refractivity contribution in [3.63, 3.8) is 0 Å². The number of carbonyl (C=O) groups is 1. The first-order valence-electron chi connectivity index (χ1n) is 6.26. The van der Waals surface area contributed by atoms with Gasteiger partial charge in [-0.05, 0) is 19.1 Å². The summed E-state index contributed by atoms with van der Waals surface area (Å²) in [5.74, 6) is 0.597. The van der Waals surface area contributed by atoms with Gasteiger partial charge in [0.2, 0.25) is 0 Å². The Bertz CT molecular complexity index is 661. The predicted octanol–water partition coefficient (Wildman–Crippen LogP) is 0.744. The van der Waals surface area contributed by atoms with E-state index >= 15 is 0 Å². The van der Waals surface area contributed by atoms with Gasteiger partial charge >= 0.3 is 0 Å². The number of hydrogen-bond acceptors (Lipinski definition) is 7. The molecule has 1 aromatic heterocycles. The molecule has 0 fully saturated rings. The van der Waals surface area contributed by atoms with Gasteiger partial charge in [0.25, 0.3) is 5.82 Å². The molecule has 0 saturated carbocycles. The minimum absolute atomic E-state index is 0.0332. The van der Waals surface area contributed by atoms with Crippen LogP contribution in [0.1, 0.15) is 22.8 Å². The van der Waals surface area contributed by atoms with E-state index in [0.29, 0.717) is 16.3 Å². The molecule has 0 bridgehead atoms. The molecule has 0 aliphatic heterocycles. The van der Waals surface area contributed by atoms with Gasteiger partial charge in [0.15, 0.2) is 5.78 Å². The third-order valence-electron chi connectivity index (χ3n) is 2.68. The number of carbonyl (C=O) groups excluding carboxylic acids is 1. The molecule has 0 aliphatic rings. The number of quaternary nitrogens is 1. The number of nitrogens with two attached hydrogens (primary N) is 1. The minimum Gasteiger partial charge on any atom is -0.691 e. The van der Waals surface area contributed by atoms with Crippen LogP contribution in [0, 0.1) is 0 Å². The van der Waals surface area contributed by atoms with Crippen molar-refractivity contribution in [1.29, 1.82) is 0 Å². The second kappa shape index (κ2) is 8.37. The number of ketones is 1. The fraction of sp³-hybridized carbons (Fsp3) is 0.0714. The molecule has 7 nitrogen and oxygen atoms in total. The Morgan fingerprint density at radius 1 is 1.36 bits per heavy atom. The highest BCUT2D eigenvalue weighted by Crippen LogP contribution is 2.21. The third kappa shape index (κ3) is 4.72. The maximum absolute atomic E-state index is 11.2. The van der Waals surface area contributed by atoms with Gasteiger partial charge in [-0.15, -0.1) is 0 Å². The summed E-state index contributed by atoms with van der Waals surface area (Å²) < 4.78 is 4.31. The molecule has 8 heteroatoms. The molecule has 2 aromatic rings. The molecule has 114 valence electrons. The number of benzene rings is 1. The molecule has 2 N–H and O–H groups in total. The van der Waals surface area contributed by atoms with E-state index in [-0.39, 0.29) is 5.78 Å². The van der Waals surface area contributed by atoms with E-state index in [1.807, 2.05) is 12.1 Å². The summed E-state index contributed by atoms with van der Waals surface area (Å²) in [5.41, 5.74) is 2.88. The summed E-state index contributed by atoms with van der Waals surface area (Å²) in [5, 5.41) is 17.4. The molecule has 0 spiro atoms. The highest BCUT2D eigenvalue weighted by atomic mass is 32.2. The second-order valence-electron chi connectivity index (χ2n) is 4.19. The minimum atomic E-state index is -0.0332. The lowest BCUT2D eigenvalue weighted by Gasteiger charge is -2.05. The quantitative estimate of drug-likeness (QED) is 0.202. The van der Waals surface area contributed by atoms with E-state index < -0.39 is 0 Å². The molecule has 0 unspecified atom stereocenters. The average molecular weight is 319 g/mol. The molecule has 0 saturated heterocycles. The van der Waals surface area contributed by atoms with Crippen LogP contribution in [0.4, 0.5) is 5.82 Å². The smallest absolute Gasteiger partial charge is 0.250 e. The lowest BCUT2D eigenvalue weighted by Crippen LogP contribution is -2.71. The van der Waals surface area contributed by atoms with Crippen LogP contribution in [-0.2, 0) is 9.37 Å². The van der Waals surface area contributed by atoms with E-state index in [9.17, 15) is 10.1 Å². The highest BCUT2D eigenvalue weighted by molar-refractivity contribution is 7.94. The van der Waals surface area contributed by atoms with Crippen molar-refractivity contribution in [2.75, 3.05) is 0 Å². The van der Waals surface area contributed by atoms with Crippen LogP contribution in [0.25, 0.3) is 0 Å². The molecule has 0 radical (unpaired) electrons. The van der Waals surface area contributed by atoms with Crippen LogP contribution in [-0.4, -0.2) is 17.0 Å². The van der Waals surface area contributed by atoms with Crippen LogP contribution in [0.2, 0.25) is 0 Å². The number of hydrogen-bond donors (Lipinski definition) is 1. The van der Waals surface area contributed by atoms with Crippen LogP contribution in [0.3, 0.4) is 0 Å². The van der Waals surface area contributed by atoms with Crippen molar-refractivity contribution in [3.8, 4) is 0 Å². The lowest BCUT2D eigenvalue weighted by molar-refractivity contribution is -0.777. The predicted molar refractivity (Wildman–Crippen MR) is 77.9 cm³/mol. The van der Waals surface area contributed by atoms with Crippen molar-refractivity contribution in [2.45, 2.75) is 11.8 Å². The second-order valence-corrected chi connectivity index (χ2v) is 4.94. The molecular formula is C14H13N3O4S. The normalized spacial score (nSPS) is 11.0. The van der Waals surface area contributed by atoms with Crippen LogP contribution in [0.5, 0.6) is 0 Å². The Hall–Kier alpha value is -2.10. The summed E-state index contributed by atoms with van der Waals surface area (Å²) in [6.45, 7) is 1.49. The molecule has 2 rings (SSSR count). The van der Waals surface area contributed by atoms with Crippen molar-refractivity contribution in [2.24, 2.45) is 5.10 Å². The number of rotatable bonds is 7. The van der Waals surface area contributed by atoms with Gasteiger partial charge in [-0.1, -0.05) is 23.3 Å². The molecule has 1 heterocycles. The Labute approximate surface area is 131 Å². The Kier molecular flexibility index (Phi) is 6.19. The van der Waals surface area contributed by atoms with Gasteiger partial charge < -0.3 is 5.26 Å². The molecule has 0 atom stereocenters. The standard InChI is InChI=1S/C14H13N3O4S/c1-10(18)11-6-7-14(15-8-11)17-16-9-12-4-2-3-5-13(12)22-21-20-19/h2-9,19H,1H3,(H,15,17)/b16-9+. The Morgan fingerprint density at radius 3 is 2.86 bits per heavy atom. The SMILES string of the molecule is CC(=O)c1ccc([NH2+]/N=C/c2ccccc2SOO[O-])nc1. The first kappa shape index (κ1) is 16.3. The number of aromatic nitrogens is 1. The fourth-order valence-electron chi connectivity index (χ4n) is 1.60. The number of nitrogens with zero attached hydrogens (tertiary/aromatic N) is 2. The number of Topliss-reactive ketones (excluding diaryl/α,β-unsaturated/α-hetero) is 1. The summed E-state index contributed by atoms with van der Waals surface area (Å²) in [7, 11) is 0. The van der Waals surface area contributed by atoms with Crippen LogP contribution < -0.4 is 10.7 Å². The molecular weight excluding hydrogens is 306 g/mol. The van der Waals surface area contributed by atoms with Crippen molar-refractivity contribution < 1.29 is 24.8 Å². The molecule has 0 aliphatic carbocycles. The van der Waals surface area contributed by atoms with Crippen molar-refractivity contribution in [3.05, 3.63) is 53.7 Å². The molecule has 22 heavy (non-hydrogen) atoms. The van der Waals surface area contributed by atoms with Gasteiger partial charge in [-0.25, -0.2) is 4.98 Å². The van der Waals surface area contributed by atoms with Gasteiger partial charge in [0.05, 0.1) is 18.3 Å². The zero-order valence-corrected chi connectivity index (χ0v) is 12.4. The van der Waals surface area contributed by atoms with Gasteiger partial charge in [0.1, 0.15) is 0 Å². The summed E-state index contributed by atoms with van der Waals surface area (Å²) in [4.78, 5) is 16.0. The van der Waals surface area contributed by atoms with Gasteiger partial charge in [-0.3, -0.25) is 9.83 Å². The van der Waals surface area contributed by atoms with E-state index in [0.717, 1.165) is 17.6 Å². The van der Waals surface area contributed by atoms with Gasteiger partial charge in [-0.2, -0.15) is 9.76 Å². The van der Waals surface area contributed by atoms with E-state index in [4.69, 9.17) is 0 Å². The first-order chi connectivity index (χ1) is 10.7. The Balaban J connectivity index is 2.01. The van der Waals surface area contributed by atoms with Gasteiger partial charge in [0, 0.05) is 28.3 Å². The Morgan fingerprint density at radius 2 is 2.18 bits per heavy atom.